The molecule has 31 heavy (non-hydrogen) atoms. The Morgan fingerprint density at radius 2 is 2.06 bits per heavy atom. The van der Waals surface area contributed by atoms with E-state index in [2.05, 4.69) is 44.3 Å². The van der Waals surface area contributed by atoms with Gasteiger partial charge in [0.1, 0.15) is 23.2 Å². The van der Waals surface area contributed by atoms with Gasteiger partial charge >= 0.3 is 0 Å². The molecule has 1 aromatic carbocycles. The molecule has 2 fully saturated rings. The molecule has 2 aliphatic rings. The highest BCUT2D eigenvalue weighted by molar-refractivity contribution is 7.16. The minimum atomic E-state index is 0.0228. The van der Waals surface area contributed by atoms with Crippen molar-refractivity contribution < 1.29 is 9.53 Å². The summed E-state index contributed by atoms with van der Waals surface area (Å²) in [6, 6.07) is 8.33. The number of nitrogens with one attached hydrogen (secondary N) is 2. The predicted octanol–water partition coefficient (Wildman–Crippen LogP) is 3.07. The molecular weight excluding hydrogens is 412 g/mol. The van der Waals surface area contributed by atoms with Gasteiger partial charge in [-0.05, 0) is 44.9 Å². The van der Waals surface area contributed by atoms with E-state index in [9.17, 15) is 4.79 Å². The van der Waals surface area contributed by atoms with E-state index in [1.54, 1.807) is 17.5 Å². The molecule has 0 radical (unpaired) electrons. The first-order valence-electron chi connectivity index (χ1n) is 10.7. The van der Waals surface area contributed by atoms with Crippen molar-refractivity contribution in [2.24, 2.45) is 5.92 Å². The molecule has 5 rings (SSSR count). The van der Waals surface area contributed by atoms with Crippen LogP contribution in [0.15, 0.2) is 36.0 Å². The van der Waals surface area contributed by atoms with Crippen LogP contribution in [0.5, 0.6) is 5.75 Å². The molecule has 1 saturated heterocycles. The maximum Gasteiger partial charge on any atom is 0.224 e. The summed E-state index contributed by atoms with van der Waals surface area (Å²) >= 11 is 1.61. The first-order chi connectivity index (χ1) is 15.0. The van der Waals surface area contributed by atoms with E-state index in [4.69, 9.17) is 4.74 Å². The van der Waals surface area contributed by atoms with E-state index < -0.39 is 0 Å². The number of carbonyl (C=O) groups is 1. The smallest absolute Gasteiger partial charge is 0.224 e. The number of rotatable bonds is 7. The molecular formula is C22H26N6O2S. The maximum atomic E-state index is 12.6. The van der Waals surface area contributed by atoms with E-state index in [0.717, 1.165) is 47.7 Å². The molecule has 0 unspecified atom stereocenters. The van der Waals surface area contributed by atoms with Crippen molar-refractivity contribution in [2.45, 2.75) is 44.9 Å². The highest BCUT2D eigenvalue weighted by Gasteiger charge is 2.39. The highest BCUT2D eigenvalue weighted by Crippen LogP contribution is 2.35. The Balaban J connectivity index is 1.07. The number of aromatic nitrogens is 3. The second kappa shape index (κ2) is 8.30. The molecule has 162 valence electrons. The Bertz CT molecular complexity index is 1070. The zero-order chi connectivity index (χ0) is 21.4. The average molecular weight is 439 g/mol. The summed E-state index contributed by atoms with van der Waals surface area (Å²) in [5.74, 6) is 2.48. The first kappa shape index (κ1) is 20.0. The molecule has 9 heteroatoms. The fourth-order valence-corrected chi connectivity index (χ4v) is 4.63. The van der Waals surface area contributed by atoms with Crippen LogP contribution >= 0.6 is 11.3 Å². The van der Waals surface area contributed by atoms with Crippen molar-refractivity contribution in [1.29, 1.82) is 0 Å². The van der Waals surface area contributed by atoms with Gasteiger partial charge in [0.25, 0.3) is 0 Å². The molecule has 1 aliphatic heterocycles. The zero-order valence-corrected chi connectivity index (χ0v) is 18.4. The molecule has 8 nitrogen and oxygen atoms in total. The van der Waals surface area contributed by atoms with Gasteiger partial charge < -0.3 is 20.3 Å². The number of para-hydroxylation sites is 1. The molecule has 1 saturated carbocycles. The molecule has 0 bridgehead atoms. The van der Waals surface area contributed by atoms with Gasteiger partial charge in [-0.25, -0.2) is 9.97 Å². The molecule has 3 heterocycles. The van der Waals surface area contributed by atoms with Gasteiger partial charge in [-0.2, -0.15) is 4.98 Å². The number of carbonyl (C=O) groups excluding carboxylic acids is 1. The van der Waals surface area contributed by atoms with Crippen molar-refractivity contribution in [3.8, 4) is 5.75 Å². The second-order valence-corrected chi connectivity index (χ2v) is 9.40. The van der Waals surface area contributed by atoms with Crippen molar-refractivity contribution in [3.05, 3.63) is 36.0 Å². The number of ether oxygens (including phenoxy) is 1. The van der Waals surface area contributed by atoms with Gasteiger partial charge in [0.15, 0.2) is 0 Å². The van der Waals surface area contributed by atoms with Gasteiger partial charge in [-0.15, -0.1) is 11.3 Å². The van der Waals surface area contributed by atoms with E-state index in [1.165, 1.54) is 0 Å². The Morgan fingerprint density at radius 3 is 2.87 bits per heavy atom. The van der Waals surface area contributed by atoms with Crippen molar-refractivity contribution in [1.82, 2.24) is 20.3 Å². The predicted molar refractivity (Wildman–Crippen MR) is 122 cm³/mol. The third kappa shape index (κ3) is 4.27. The lowest BCUT2D eigenvalue weighted by molar-refractivity contribution is -0.131. The van der Waals surface area contributed by atoms with E-state index >= 15 is 0 Å². The van der Waals surface area contributed by atoms with Gasteiger partial charge in [-0.3, -0.25) is 4.79 Å². The number of hydrogen-bond acceptors (Lipinski definition) is 8. The van der Waals surface area contributed by atoms with Crippen molar-refractivity contribution in [2.75, 3.05) is 23.3 Å². The normalized spacial score (nSPS) is 20.9. The number of thiazole rings is 1. The third-order valence-electron chi connectivity index (χ3n) is 5.69. The maximum absolute atomic E-state index is 12.6. The zero-order valence-electron chi connectivity index (χ0n) is 17.6. The van der Waals surface area contributed by atoms with Crippen molar-refractivity contribution in [3.63, 3.8) is 0 Å². The first-order valence-corrected chi connectivity index (χ1v) is 11.6. The van der Waals surface area contributed by atoms with Gasteiger partial charge in [0.2, 0.25) is 11.9 Å². The lowest BCUT2D eigenvalue weighted by Gasteiger charge is -2.42. The van der Waals surface area contributed by atoms with Crippen LogP contribution < -0.4 is 20.3 Å². The topological polar surface area (TPSA) is 92.3 Å². The average Bonchev–Trinajstić information content (AvgIpc) is 3.16. The van der Waals surface area contributed by atoms with Crippen LogP contribution in [0.1, 0.15) is 26.7 Å². The summed E-state index contributed by atoms with van der Waals surface area (Å²) in [4.78, 5) is 27.9. The Labute approximate surface area is 185 Å². The van der Waals surface area contributed by atoms with Gasteiger partial charge in [0, 0.05) is 31.2 Å². The number of hydrogen-bond donors (Lipinski definition) is 2. The lowest BCUT2D eigenvalue weighted by Crippen LogP contribution is -2.61. The summed E-state index contributed by atoms with van der Waals surface area (Å²) in [7, 11) is 0. The third-order valence-corrected chi connectivity index (χ3v) is 6.49. The minimum absolute atomic E-state index is 0.0228. The van der Waals surface area contributed by atoms with Crippen LogP contribution in [0.4, 0.5) is 11.8 Å². The summed E-state index contributed by atoms with van der Waals surface area (Å²) < 4.78 is 7.22. The monoisotopic (exact) mass is 438 g/mol. The molecule has 1 amide bonds. The molecule has 3 aromatic rings. The standard InChI is InChI=1S/C22H26N6O2S/c1-13(2)25-22-23-7-6-19(27-22)28-10-15(11-28)26-21(29)14-8-16(9-14)30-17-4-3-5-18-20(17)24-12-31-18/h3-7,12-16H,8-11H2,1-2H3,(H,26,29)(H,23,25,27)/t14-,16-. The van der Waals surface area contributed by atoms with Gasteiger partial charge in [0.05, 0.1) is 16.3 Å². The molecule has 0 atom stereocenters. The summed E-state index contributed by atoms with van der Waals surface area (Å²) in [6.45, 7) is 5.64. The Kier molecular flexibility index (Phi) is 5.35. The largest absolute Gasteiger partial charge is 0.488 e. The number of fused-ring (bicyclic) bond motifs is 1. The fourth-order valence-electron chi connectivity index (χ4n) is 3.94. The van der Waals surface area contributed by atoms with E-state index in [1.807, 2.05) is 29.8 Å². The Morgan fingerprint density at radius 1 is 1.23 bits per heavy atom. The SMILES string of the molecule is CC(C)Nc1nccc(N2CC(NC(=O)[C@H]3C[C@H](Oc4cccc5scnc45)C3)C2)n1. The fraction of sp³-hybridized carbons (Fsp3) is 0.455. The summed E-state index contributed by atoms with van der Waals surface area (Å²) in [5, 5.41) is 6.39. The van der Waals surface area contributed by atoms with Crippen LogP contribution in [0.2, 0.25) is 0 Å². The quantitative estimate of drug-likeness (QED) is 0.586. The molecule has 2 aromatic heterocycles. The van der Waals surface area contributed by atoms with E-state index in [-0.39, 0.29) is 30.0 Å². The minimum Gasteiger partial charge on any atom is -0.488 e. The van der Waals surface area contributed by atoms with Gasteiger partial charge in [-0.1, -0.05) is 6.07 Å². The molecule has 0 spiro atoms. The molecule has 1 aliphatic carbocycles. The summed E-state index contributed by atoms with van der Waals surface area (Å²) in [6.07, 6.45) is 3.34. The Hall–Kier alpha value is -2.94. The number of amides is 1. The van der Waals surface area contributed by atoms with Crippen LogP contribution in [-0.4, -0.2) is 52.1 Å². The van der Waals surface area contributed by atoms with Crippen LogP contribution in [-0.2, 0) is 4.79 Å². The number of anilines is 2. The van der Waals surface area contributed by atoms with Crippen LogP contribution in [0, 0.1) is 5.92 Å². The van der Waals surface area contributed by atoms with Crippen LogP contribution in [0.3, 0.4) is 0 Å². The number of benzene rings is 1. The second-order valence-electron chi connectivity index (χ2n) is 8.51. The highest BCUT2D eigenvalue weighted by atomic mass is 32.1. The van der Waals surface area contributed by atoms with Crippen LogP contribution in [0.25, 0.3) is 10.2 Å². The van der Waals surface area contributed by atoms with E-state index in [0.29, 0.717) is 5.95 Å². The molecule has 2 N–H and O–H groups in total. The summed E-state index contributed by atoms with van der Waals surface area (Å²) in [5.41, 5.74) is 2.74. The number of nitrogens with zero attached hydrogens (tertiary/aromatic N) is 4. The lowest BCUT2D eigenvalue weighted by atomic mass is 9.81. The van der Waals surface area contributed by atoms with Crippen molar-refractivity contribution >= 4 is 39.2 Å².